The second-order valence-electron chi connectivity index (χ2n) is 3.45. The molecule has 3 aromatic heterocycles. The number of H-pyrrole nitrogens is 1. The van der Waals surface area contributed by atoms with E-state index in [4.69, 9.17) is 0 Å². The van der Waals surface area contributed by atoms with Gasteiger partial charge in [0.25, 0.3) is 0 Å². The summed E-state index contributed by atoms with van der Waals surface area (Å²) in [5.74, 6) is 0.156. The summed E-state index contributed by atoms with van der Waals surface area (Å²) in [6, 6.07) is 5.27. The average molecular weight is 241 g/mol. The minimum Gasteiger partial charge on any atom is -0.296 e. The van der Waals surface area contributed by atoms with Crippen molar-refractivity contribution in [3.05, 3.63) is 47.3 Å². The number of pyridine rings is 1. The molecule has 1 N–H and O–H groups in total. The van der Waals surface area contributed by atoms with Crippen molar-refractivity contribution in [1.82, 2.24) is 25.1 Å². The fraction of sp³-hybridized carbons (Fsp3) is 0. The van der Waals surface area contributed by atoms with Crippen molar-refractivity contribution in [3.63, 3.8) is 0 Å². The molecule has 0 atom stereocenters. The van der Waals surface area contributed by atoms with E-state index in [-0.39, 0.29) is 5.82 Å². The molecule has 7 heteroatoms. The smallest absolute Gasteiger partial charge is 0.296 e. The van der Waals surface area contributed by atoms with Gasteiger partial charge in [0.2, 0.25) is 5.82 Å². The minimum atomic E-state index is -0.619. The largest absolute Gasteiger partial charge is 0.439 e. The van der Waals surface area contributed by atoms with Gasteiger partial charge < -0.3 is 0 Å². The Morgan fingerprint density at radius 1 is 1.22 bits per heavy atom. The van der Waals surface area contributed by atoms with Gasteiger partial charge in [-0.3, -0.25) is 14.5 Å². The third kappa shape index (κ3) is 1.88. The average Bonchev–Trinajstić information content (AvgIpc) is 2.87. The first-order valence-corrected chi connectivity index (χ1v) is 5.13. The monoisotopic (exact) mass is 241 g/mol. The Bertz CT molecular complexity index is 719. The van der Waals surface area contributed by atoms with Crippen LogP contribution in [0.1, 0.15) is 0 Å². The molecular weight excluding hydrogens is 234 g/mol. The van der Waals surface area contributed by atoms with Gasteiger partial charge in [-0.05, 0) is 18.2 Å². The highest BCUT2D eigenvalue weighted by molar-refractivity contribution is 5.57. The van der Waals surface area contributed by atoms with Crippen LogP contribution in [0, 0.1) is 0 Å². The molecule has 0 spiro atoms. The Morgan fingerprint density at radius 2 is 2.17 bits per heavy atom. The molecule has 7 nitrogen and oxygen atoms in total. The van der Waals surface area contributed by atoms with E-state index in [0.717, 1.165) is 5.56 Å². The second-order valence-corrected chi connectivity index (χ2v) is 3.45. The third-order valence-electron chi connectivity index (χ3n) is 2.26. The van der Waals surface area contributed by atoms with E-state index in [9.17, 15) is 4.79 Å². The number of hydrogen-bond acceptors (Lipinski definition) is 6. The molecule has 0 saturated heterocycles. The number of rotatable bonds is 2. The first kappa shape index (κ1) is 10.3. The van der Waals surface area contributed by atoms with E-state index < -0.39 is 5.76 Å². The molecule has 0 radical (unpaired) electrons. The normalized spacial score (nSPS) is 10.4. The van der Waals surface area contributed by atoms with E-state index in [2.05, 4.69) is 29.6 Å². The molecule has 0 aliphatic carbocycles. The van der Waals surface area contributed by atoms with Crippen LogP contribution in [0.15, 0.2) is 46.1 Å². The highest BCUT2D eigenvalue weighted by atomic mass is 16.5. The maximum Gasteiger partial charge on any atom is 0.439 e. The quantitative estimate of drug-likeness (QED) is 0.715. The Morgan fingerprint density at radius 3 is 2.89 bits per heavy atom. The predicted octanol–water partition coefficient (Wildman–Crippen LogP) is 0.882. The van der Waals surface area contributed by atoms with Crippen LogP contribution in [0.5, 0.6) is 0 Å². The maximum absolute atomic E-state index is 10.9. The first-order valence-electron chi connectivity index (χ1n) is 5.13. The van der Waals surface area contributed by atoms with Crippen LogP contribution < -0.4 is 5.76 Å². The molecule has 0 aromatic carbocycles. The topological polar surface area (TPSA) is 97.6 Å². The Balaban J connectivity index is 2.07. The van der Waals surface area contributed by atoms with Gasteiger partial charge in [-0.25, -0.2) is 14.8 Å². The Kier molecular flexibility index (Phi) is 2.41. The van der Waals surface area contributed by atoms with Gasteiger partial charge in [0, 0.05) is 24.2 Å². The summed E-state index contributed by atoms with van der Waals surface area (Å²) < 4.78 is 4.43. The van der Waals surface area contributed by atoms with Crippen molar-refractivity contribution in [2.24, 2.45) is 0 Å². The lowest BCUT2D eigenvalue weighted by atomic mass is 10.2. The first-order chi connectivity index (χ1) is 8.83. The lowest BCUT2D eigenvalue weighted by Gasteiger charge is -2.00. The summed E-state index contributed by atoms with van der Waals surface area (Å²) in [5, 5.41) is 3.57. The zero-order valence-electron chi connectivity index (χ0n) is 9.07. The van der Waals surface area contributed by atoms with E-state index in [1.807, 2.05) is 6.07 Å². The minimum absolute atomic E-state index is 0.271. The van der Waals surface area contributed by atoms with Gasteiger partial charge >= 0.3 is 5.76 Å². The summed E-state index contributed by atoms with van der Waals surface area (Å²) >= 11 is 0. The molecule has 0 aliphatic rings. The number of hydrogen-bond donors (Lipinski definition) is 1. The standard InChI is InChI=1S/C11H7N5O2/c17-11-15-10(16-18-11)8-3-5-13-9(14-8)7-2-1-4-12-6-7/h1-6H,(H,15,16,17). The Hall–Kier alpha value is -2.83. The van der Waals surface area contributed by atoms with Crippen LogP contribution in [-0.2, 0) is 0 Å². The molecule has 0 fully saturated rings. The number of aromatic amines is 1. The molecule has 0 aliphatic heterocycles. The third-order valence-corrected chi connectivity index (χ3v) is 2.26. The van der Waals surface area contributed by atoms with Crippen LogP contribution in [0.2, 0.25) is 0 Å². The van der Waals surface area contributed by atoms with Gasteiger partial charge in [-0.1, -0.05) is 5.16 Å². The highest BCUT2D eigenvalue weighted by Crippen LogP contribution is 2.16. The maximum atomic E-state index is 10.9. The molecule has 88 valence electrons. The van der Waals surface area contributed by atoms with E-state index >= 15 is 0 Å². The fourth-order valence-corrected chi connectivity index (χ4v) is 1.46. The lowest BCUT2D eigenvalue weighted by molar-refractivity contribution is 0.387. The molecule has 3 rings (SSSR count). The van der Waals surface area contributed by atoms with Crippen molar-refractivity contribution >= 4 is 0 Å². The summed E-state index contributed by atoms with van der Waals surface area (Å²) in [4.78, 5) is 25.7. The lowest BCUT2D eigenvalue weighted by Crippen LogP contribution is -1.97. The van der Waals surface area contributed by atoms with Crippen molar-refractivity contribution < 1.29 is 4.52 Å². The van der Waals surface area contributed by atoms with Gasteiger partial charge in [0.1, 0.15) is 5.69 Å². The van der Waals surface area contributed by atoms with Crippen molar-refractivity contribution in [2.75, 3.05) is 0 Å². The van der Waals surface area contributed by atoms with Gasteiger partial charge in [-0.2, -0.15) is 0 Å². The van der Waals surface area contributed by atoms with E-state index in [1.165, 1.54) is 0 Å². The van der Waals surface area contributed by atoms with Crippen molar-refractivity contribution in [3.8, 4) is 22.9 Å². The van der Waals surface area contributed by atoms with Crippen molar-refractivity contribution in [2.45, 2.75) is 0 Å². The molecule has 0 unspecified atom stereocenters. The van der Waals surface area contributed by atoms with Crippen LogP contribution in [0.3, 0.4) is 0 Å². The van der Waals surface area contributed by atoms with E-state index in [1.54, 1.807) is 30.7 Å². The summed E-state index contributed by atoms with van der Waals surface area (Å²) in [7, 11) is 0. The molecular formula is C11H7N5O2. The predicted molar refractivity (Wildman–Crippen MR) is 61.4 cm³/mol. The van der Waals surface area contributed by atoms with E-state index in [0.29, 0.717) is 11.5 Å². The highest BCUT2D eigenvalue weighted by Gasteiger charge is 2.08. The van der Waals surface area contributed by atoms with Gasteiger partial charge in [0.15, 0.2) is 5.82 Å². The molecule has 18 heavy (non-hydrogen) atoms. The van der Waals surface area contributed by atoms with Crippen molar-refractivity contribution in [1.29, 1.82) is 0 Å². The summed E-state index contributed by atoms with van der Waals surface area (Å²) in [5.41, 5.74) is 1.26. The molecule has 3 aromatic rings. The second kappa shape index (κ2) is 4.21. The van der Waals surface area contributed by atoms with Crippen LogP contribution in [0.25, 0.3) is 22.9 Å². The zero-order valence-corrected chi connectivity index (χ0v) is 9.07. The van der Waals surface area contributed by atoms with Crippen LogP contribution in [0.4, 0.5) is 0 Å². The van der Waals surface area contributed by atoms with Crippen LogP contribution >= 0.6 is 0 Å². The summed E-state index contributed by atoms with van der Waals surface area (Å²) in [6.45, 7) is 0. The molecule has 0 bridgehead atoms. The molecule has 0 amide bonds. The van der Waals surface area contributed by atoms with Gasteiger partial charge in [-0.15, -0.1) is 0 Å². The molecule has 3 heterocycles. The molecule has 0 saturated carbocycles. The summed E-state index contributed by atoms with van der Waals surface area (Å²) in [6.07, 6.45) is 4.91. The Labute approximate surface area is 101 Å². The van der Waals surface area contributed by atoms with Crippen LogP contribution in [-0.4, -0.2) is 25.1 Å². The zero-order chi connectivity index (χ0) is 12.4. The SMILES string of the molecule is O=c1[nH]c(-c2ccnc(-c3cccnc3)n2)no1. The number of aromatic nitrogens is 5. The van der Waals surface area contributed by atoms with Gasteiger partial charge in [0.05, 0.1) is 0 Å². The number of nitrogens with zero attached hydrogens (tertiary/aromatic N) is 4. The fourth-order valence-electron chi connectivity index (χ4n) is 1.46. The number of nitrogens with one attached hydrogen (secondary N) is 1.